The summed E-state index contributed by atoms with van der Waals surface area (Å²) in [6.45, 7) is 0.886. The first-order valence-corrected chi connectivity index (χ1v) is 6.74. The quantitative estimate of drug-likeness (QED) is 0.885. The zero-order chi connectivity index (χ0) is 13.0. The van der Waals surface area contributed by atoms with Gasteiger partial charge in [0.1, 0.15) is 0 Å². The van der Waals surface area contributed by atoms with Crippen molar-refractivity contribution in [3.05, 3.63) is 29.8 Å². The molecule has 0 unspecified atom stereocenters. The molecule has 0 spiro atoms. The number of hydrogen-bond acceptors (Lipinski definition) is 2. The molecule has 2 rings (SSSR count). The molecule has 0 radical (unpaired) electrons. The average molecular weight is 246 g/mol. The lowest BCUT2D eigenvalue weighted by atomic mass is 10.1. The molecule has 0 heterocycles. The Morgan fingerprint density at radius 3 is 2.67 bits per heavy atom. The molecule has 3 heteroatoms. The Bertz CT molecular complexity index is 411. The summed E-state index contributed by atoms with van der Waals surface area (Å²) in [4.78, 5) is 14.3. The van der Waals surface area contributed by atoms with Crippen LogP contribution in [-0.4, -0.2) is 31.4 Å². The minimum atomic E-state index is 0.117. The summed E-state index contributed by atoms with van der Waals surface area (Å²) < 4.78 is 0. The highest BCUT2D eigenvalue weighted by Crippen LogP contribution is 2.26. The van der Waals surface area contributed by atoms with E-state index >= 15 is 0 Å². The molecular weight excluding hydrogens is 224 g/mol. The molecule has 0 bridgehead atoms. The normalized spacial score (nSPS) is 15.7. The molecule has 1 fully saturated rings. The van der Waals surface area contributed by atoms with Crippen molar-refractivity contribution in [3.63, 3.8) is 0 Å². The summed E-state index contributed by atoms with van der Waals surface area (Å²) in [7, 11) is 3.76. The number of rotatable bonds is 4. The minimum Gasteiger partial charge on any atom is -0.387 e. The van der Waals surface area contributed by atoms with E-state index in [0.29, 0.717) is 5.92 Å². The van der Waals surface area contributed by atoms with Gasteiger partial charge in [0.15, 0.2) is 0 Å². The molecule has 18 heavy (non-hydrogen) atoms. The van der Waals surface area contributed by atoms with E-state index in [1.165, 1.54) is 25.7 Å². The Balaban J connectivity index is 2.05. The van der Waals surface area contributed by atoms with Crippen LogP contribution in [0, 0.1) is 5.92 Å². The summed E-state index contributed by atoms with van der Waals surface area (Å²) in [5.74, 6) is 0.813. The maximum atomic E-state index is 12.4. The Hall–Kier alpha value is -1.51. The van der Waals surface area contributed by atoms with Gasteiger partial charge in [0, 0.05) is 26.3 Å². The molecule has 1 aliphatic carbocycles. The average Bonchev–Trinajstić information content (AvgIpc) is 2.90. The van der Waals surface area contributed by atoms with Gasteiger partial charge in [-0.15, -0.1) is 0 Å². The zero-order valence-corrected chi connectivity index (χ0v) is 11.3. The second kappa shape index (κ2) is 5.89. The van der Waals surface area contributed by atoms with E-state index < -0.39 is 0 Å². The van der Waals surface area contributed by atoms with Gasteiger partial charge in [-0.25, -0.2) is 0 Å². The first-order valence-electron chi connectivity index (χ1n) is 6.74. The molecule has 1 amide bonds. The zero-order valence-electron chi connectivity index (χ0n) is 11.3. The molecule has 0 aliphatic heterocycles. The van der Waals surface area contributed by atoms with Gasteiger partial charge in [-0.1, -0.05) is 25.0 Å². The summed E-state index contributed by atoms with van der Waals surface area (Å²) >= 11 is 0. The van der Waals surface area contributed by atoms with Crippen molar-refractivity contribution in [1.29, 1.82) is 0 Å². The van der Waals surface area contributed by atoms with Gasteiger partial charge in [0.05, 0.1) is 5.56 Å². The molecule has 1 saturated carbocycles. The monoisotopic (exact) mass is 246 g/mol. The van der Waals surface area contributed by atoms with Gasteiger partial charge in [-0.3, -0.25) is 4.79 Å². The summed E-state index contributed by atoms with van der Waals surface area (Å²) in [5.41, 5.74) is 1.67. The Labute approximate surface area is 109 Å². The fraction of sp³-hybridized carbons (Fsp3) is 0.533. The van der Waals surface area contributed by atoms with Crippen LogP contribution in [0.2, 0.25) is 0 Å². The van der Waals surface area contributed by atoms with Crippen LogP contribution in [0.3, 0.4) is 0 Å². The van der Waals surface area contributed by atoms with Crippen LogP contribution in [0.5, 0.6) is 0 Å². The van der Waals surface area contributed by atoms with E-state index in [1.807, 2.05) is 43.3 Å². The standard InChI is InChI=1S/C15H22N2O/c1-16-14-10-6-5-9-13(14)15(18)17(2)11-12-7-3-4-8-12/h5-6,9-10,12,16H,3-4,7-8,11H2,1-2H3. The maximum Gasteiger partial charge on any atom is 0.255 e. The van der Waals surface area contributed by atoms with Crippen LogP contribution in [0.15, 0.2) is 24.3 Å². The first kappa shape index (κ1) is 12.9. The van der Waals surface area contributed by atoms with E-state index in [1.54, 1.807) is 0 Å². The van der Waals surface area contributed by atoms with Crippen molar-refractivity contribution >= 4 is 11.6 Å². The number of anilines is 1. The number of benzene rings is 1. The summed E-state index contributed by atoms with van der Waals surface area (Å²) in [6, 6.07) is 7.69. The second-order valence-electron chi connectivity index (χ2n) is 5.13. The number of para-hydroxylation sites is 1. The van der Waals surface area contributed by atoms with Crippen LogP contribution in [0.25, 0.3) is 0 Å². The molecule has 1 aromatic carbocycles. The largest absolute Gasteiger partial charge is 0.387 e. The minimum absolute atomic E-state index is 0.117. The molecule has 0 aromatic heterocycles. The first-order chi connectivity index (χ1) is 8.72. The van der Waals surface area contributed by atoms with E-state index in [9.17, 15) is 4.79 Å². The van der Waals surface area contributed by atoms with Crippen LogP contribution < -0.4 is 5.32 Å². The lowest BCUT2D eigenvalue weighted by Gasteiger charge is -2.22. The van der Waals surface area contributed by atoms with Crippen molar-refractivity contribution in [2.75, 3.05) is 26.0 Å². The molecule has 3 nitrogen and oxygen atoms in total. The molecule has 1 N–H and O–H groups in total. The number of hydrogen-bond donors (Lipinski definition) is 1. The van der Waals surface area contributed by atoms with Gasteiger partial charge in [-0.05, 0) is 30.9 Å². The number of amides is 1. The van der Waals surface area contributed by atoms with E-state index in [0.717, 1.165) is 17.8 Å². The topological polar surface area (TPSA) is 32.3 Å². The Kier molecular flexibility index (Phi) is 4.24. The fourth-order valence-corrected chi connectivity index (χ4v) is 2.76. The molecule has 0 saturated heterocycles. The van der Waals surface area contributed by atoms with Crippen LogP contribution in [-0.2, 0) is 0 Å². The summed E-state index contributed by atoms with van der Waals surface area (Å²) in [6.07, 6.45) is 5.18. The number of carbonyl (C=O) groups is 1. The van der Waals surface area contributed by atoms with E-state index in [4.69, 9.17) is 0 Å². The van der Waals surface area contributed by atoms with Gasteiger partial charge in [0.25, 0.3) is 5.91 Å². The third kappa shape index (κ3) is 2.84. The van der Waals surface area contributed by atoms with E-state index in [2.05, 4.69) is 5.32 Å². The molecule has 1 aliphatic rings. The van der Waals surface area contributed by atoms with Gasteiger partial charge < -0.3 is 10.2 Å². The molecule has 0 atom stereocenters. The third-order valence-corrected chi connectivity index (χ3v) is 3.78. The van der Waals surface area contributed by atoms with Crippen molar-refractivity contribution in [2.24, 2.45) is 5.92 Å². The third-order valence-electron chi connectivity index (χ3n) is 3.78. The lowest BCUT2D eigenvalue weighted by Crippen LogP contribution is -2.31. The van der Waals surface area contributed by atoms with Gasteiger partial charge >= 0.3 is 0 Å². The summed E-state index contributed by atoms with van der Waals surface area (Å²) in [5, 5.41) is 3.08. The SMILES string of the molecule is CNc1ccccc1C(=O)N(C)CC1CCCC1. The highest BCUT2D eigenvalue weighted by atomic mass is 16.2. The maximum absolute atomic E-state index is 12.4. The molecule has 1 aromatic rings. The molecular formula is C15H22N2O. The van der Waals surface area contributed by atoms with Crippen molar-refractivity contribution in [3.8, 4) is 0 Å². The van der Waals surface area contributed by atoms with E-state index in [-0.39, 0.29) is 5.91 Å². The van der Waals surface area contributed by atoms with Crippen molar-refractivity contribution in [2.45, 2.75) is 25.7 Å². The Morgan fingerprint density at radius 1 is 1.33 bits per heavy atom. The van der Waals surface area contributed by atoms with Crippen molar-refractivity contribution < 1.29 is 4.79 Å². The fourth-order valence-electron chi connectivity index (χ4n) is 2.76. The van der Waals surface area contributed by atoms with Crippen LogP contribution in [0.4, 0.5) is 5.69 Å². The lowest BCUT2D eigenvalue weighted by molar-refractivity contribution is 0.0774. The number of nitrogens with one attached hydrogen (secondary N) is 1. The predicted octanol–water partition coefficient (Wildman–Crippen LogP) is 2.99. The highest BCUT2D eigenvalue weighted by Gasteiger charge is 2.21. The van der Waals surface area contributed by atoms with Crippen molar-refractivity contribution in [1.82, 2.24) is 4.90 Å². The number of nitrogens with zero attached hydrogens (tertiary/aromatic N) is 1. The van der Waals surface area contributed by atoms with Gasteiger partial charge in [0.2, 0.25) is 0 Å². The Morgan fingerprint density at radius 2 is 2.00 bits per heavy atom. The molecule has 98 valence electrons. The second-order valence-corrected chi connectivity index (χ2v) is 5.13. The smallest absolute Gasteiger partial charge is 0.255 e. The van der Waals surface area contributed by atoms with Gasteiger partial charge in [-0.2, -0.15) is 0 Å². The van der Waals surface area contributed by atoms with Crippen LogP contribution in [0.1, 0.15) is 36.0 Å². The predicted molar refractivity (Wildman–Crippen MR) is 74.9 cm³/mol. The number of carbonyl (C=O) groups excluding carboxylic acids is 1. The van der Waals surface area contributed by atoms with Crippen LogP contribution >= 0.6 is 0 Å². The highest BCUT2D eigenvalue weighted by molar-refractivity contribution is 5.99.